The number of pyridine rings is 1. The molecule has 1 aliphatic rings. The van der Waals surface area contributed by atoms with E-state index in [1.165, 1.54) is 24.0 Å². The lowest BCUT2D eigenvalue weighted by Crippen LogP contribution is -2.48. The second kappa shape index (κ2) is 10.2. The van der Waals surface area contributed by atoms with Crippen LogP contribution in [0.1, 0.15) is 23.0 Å². The molecule has 9 nitrogen and oxygen atoms in total. The van der Waals surface area contributed by atoms with Crippen LogP contribution in [0.5, 0.6) is 0 Å². The highest BCUT2D eigenvalue weighted by atomic mass is 32.2. The summed E-state index contributed by atoms with van der Waals surface area (Å²) in [5.74, 6) is -0.122. The molecule has 2 amide bonds. The smallest absolute Gasteiger partial charge is 0.318 e. The molecule has 10 heteroatoms. The van der Waals surface area contributed by atoms with Crippen LogP contribution in [-0.4, -0.2) is 68.2 Å². The van der Waals surface area contributed by atoms with Gasteiger partial charge in [0, 0.05) is 39.4 Å². The normalized spacial score (nSPS) is 16.7. The summed E-state index contributed by atoms with van der Waals surface area (Å²) in [6.45, 7) is 3.72. The first-order valence-corrected chi connectivity index (χ1v) is 11.8. The lowest BCUT2D eigenvalue weighted by molar-refractivity contribution is 0.159. The minimum atomic E-state index is -3.30. The van der Waals surface area contributed by atoms with Crippen LogP contribution in [0.25, 0.3) is 0 Å². The monoisotopic (exact) mass is 446 g/mol. The van der Waals surface area contributed by atoms with E-state index in [0.29, 0.717) is 18.8 Å². The highest BCUT2D eigenvalue weighted by Crippen LogP contribution is 2.27. The Kier molecular flexibility index (Phi) is 7.60. The molecule has 168 valence electrons. The number of urea groups is 1. The molecule has 0 aliphatic carbocycles. The number of rotatable bonds is 8. The second-order valence-corrected chi connectivity index (χ2v) is 9.90. The number of nitrogens with zero attached hydrogens (tertiary/aromatic N) is 3. The minimum absolute atomic E-state index is 0.122. The minimum Gasteiger partial charge on any atom is -0.318 e. The number of benzene rings is 1. The number of aryl methyl sites for hydroxylation is 1. The molecule has 0 saturated heterocycles. The topological polar surface area (TPSA) is 107 Å². The molecule has 0 radical (unpaired) electrons. The largest absolute Gasteiger partial charge is 0.320 e. The number of carbonyl (C=O) groups excluding carboxylic acids is 1. The number of anilines is 1. The summed E-state index contributed by atoms with van der Waals surface area (Å²) < 4.78 is 25.1. The van der Waals surface area contributed by atoms with Gasteiger partial charge in [0.1, 0.15) is 12.0 Å². The number of fused-ring (bicyclic) bond motifs is 1. The molecule has 3 rings (SSSR count). The number of hydrogen-bond acceptors (Lipinski definition) is 6. The zero-order valence-corrected chi connectivity index (χ0v) is 18.9. The van der Waals surface area contributed by atoms with E-state index in [1.807, 2.05) is 37.3 Å². The first-order valence-electron chi connectivity index (χ1n) is 10.2. The lowest BCUT2D eigenvalue weighted by atomic mass is 9.97. The van der Waals surface area contributed by atoms with Crippen LogP contribution < -0.4 is 16.0 Å². The van der Waals surface area contributed by atoms with Gasteiger partial charge in [0.15, 0.2) is 0 Å². The van der Waals surface area contributed by atoms with Gasteiger partial charge in [0.25, 0.3) is 0 Å². The van der Waals surface area contributed by atoms with Crippen LogP contribution in [0.3, 0.4) is 0 Å². The quantitative estimate of drug-likeness (QED) is 0.531. The van der Waals surface area contributed by atoms with Gasteiger partial charge in [-0.1, -0.05) is 24.3 Å². The van der Waals surface area contributed by atoms with Gasteiger partial charge in [-0.05, 0) is 36.6 Å². The van der Waals surface area contributed by atoms with Crippen molar-refractivity contribution in [3.05, 3.63) is 59.4 Å². The van der Waals surface area contributed by atoms with E-state index < -0.39 is 10.0 Å². The molecule has 3 N–H and O–H groups in total. The first-order chi connectivity index (χ1) is 14.8. The van der Waals surface area contributed by atoms with Crippen LogP contribution in [0.15, 0.2) is 42.6 Å². The fourth-order valence-corrected chi connectivity index (χ4v) is 4.07. The molecule has 1 aromatic carbocycles. The Labute approximate surface area is 183 Å². The van der Waals surface area contributed by atoms with Crippen molar-refractivity contribution in [2.75, 3.05) is 44.9 Å². The highest BCUT2D eigenvalue weighted by Gasteiger charge is 2.28. The Balaban J connectivity index is 1.65. The zero-order chi connectivity index (χ0) is 22.4. The van der Waals surface area contributed by atoms with Crippen molar-refractivity contribution in [1.29, 1.82) is 0 Å². The van der Waals surface area contributed by atoms with Crippen molar-refractivity contribution < 1.29 is 13.2 Å². The van der Waals surface area contributed by atoms with Crippen LogP contribution in [0.2, 0.25) is 0 Å². The summed E-state index contributed by atoms with van der Waals surface area (Å²) in [7, 11) is -0.273. The van der Waals surface area contributed by atoms with E-state index in [4.69, 9.17) is 0 Å². The van der Waals surface area contributed by atoms with Crippen LogP contribution >= 0.6 is 0 Å². The van der Waals surface area contributed by atoms with E-state index >= 15 is 0 Å². The summed E-state index contributed by atoms with van der Waals surface area (Å²) in [6.07, 6.45) is 2.18. The maximum Gasteiger partial charge on any atom is 0.320 e. The number of hydrogen-bond donors (Lipinski definition) is 3. The molecule has 31 heavy (non-hydrogen) atoms. The number of sulfonamides is 1. The van der Waals surface area contributed by atoms with Crippen LogP contribution in [0, 0.1) is 6.92 Å². The van der Waals surface area contributed by atoms with Crippen molar-refractivity contribution in [1.82, 2.24) is 24.8 Å². The van der Waals surface area contributed by atoms with Gasteiger partial charge >= 0.3 is 6.03 Å². The van der Waals surface area contributed by atoms with Crippen molar-refractivity contribution in [2.45, 2.75) is 19.5 Å². The third-order valence-electron chi connectivity index (χ3n) is 5.24. The lowest BCUT2D eigenvalue weighted by Gasteiger charge is -2.37. The number of carbonyl (C=O) groups is 1. The fraction of sp³-hybridized carbons (Fsp3) is 0.429. The molecule has 2 heterocycles. The van der Waals surface area contributed by atoms with E-state index in [-0.39, 0.29) is 18.1 Å². The van der Waals surface area contributed by atoms with Crippen LogP contribution in [0.4, 0.5) is 10.5 Å². The molecule has 0 spiro atoms. The van der Waals surface area contributed by atoms with Crippen molar-refractivity contribution in [3.63, 3.8) is 0 Å². The Bertz CT molecular complexity index is 994. The predicted octanol–water partition coefficient (Wildman–Crippen LogP) is 1.51. The molecule has 1 aromatic heterocycles. The molecular formula is C21H30N6O3S. The maximum absolute atomic E-state index is 12.7. The summed E-state index contributed by atoms with van der Waals surface area (Å²) in [4.78, 5) is 19.0. The molecule has 1 atom stereocenters. The van der Waals surface area contributed by atoms with E-state index in [2.05, 4.69) is 31.9 Å². The molecule has 0 fully saturated rings. The predicted molar refractivity (Wildman–Crippen MR) is 121 cm³/mol. The Morgan fingerprint density at radius 3 is 2.71 bits per heavy atom. The standard InChI is InChI=1S/C21H30N6O3S/c1-16-8-9-18(14-23-16)24-21(28)25-20-19-7-5-4-6-17(19)10-12-27(20)13-11-22-15-31(29,30)26(2)3/h4-9,14,20,22H,10-13,15H2,1-3H3,(H2,24,25,28). The molecule has 0 saturated carbocycles. The Hall–Kier alpha value is -2.53. The van der Waals surface area contributed by atoms with Crippen molar-refractivity contribution in [2.24, 2.45) is 0 Å². The van der Waals surface area contributed by atoms with E-state index in [1.54, 1.807) is 6.20 Å². The van der Waals surface area contributed by atoms with Crippen molar-refractivity contribution in [3.8, 4) is 0 Å². The first kappa shape index (κ1) is 23.1. The SMILES string of the molecule is Cc1ccc(NC(=O)NC2c3ccccc3CCN2CCNCS(=O)(=O)N(C)C)cn1. The average Bonchev–Trinajstić information content (AvgIpc) is 2.74. The molecule has 1 unspecified atom stereocenters. The maximum atomic E-state index is 12.7. The zero-order valence-electron chi connectivity index (χ0n) is 18.1. The second-order valence-electron chi connectivity index (χ2n) is 7.71. The van der Waals surface area contributed by atoms with Gasteiger partial charge in [-0.2, -0.15) is 0 Å². The third kappa shape index (κ3) is 6.23. The van der Waals surface area contributed by atoms with Gasteiger partial charge in [0.2, 0.25) is 10.0 Å². The van der Waals surface area contributed by atoms with Gasteiger partial charge in [-0.15, -0.1) is 0 Å². The molecule has 2 aromatic rings. The number of amides is 2. The Morgan fingerprint density at radius 2 is 2.00 bits per heavy atom. The fourth-order valence-electron chi connectivity index (χ4n) is 3.41. The summed E-state index contributed by atoms with van der Waals surface area (Å²) >= 11 is 0. The van der Waals surface area contributed by atoms with Gasteiger partial charge in [-0.25, -0.2) is 17.5 Å². The number of nitrogens with one attached hydrogen (secondary N) is 3. The van der Waals surface area contributed by atoms with Gasteiger partial charge in [-0.3, -0.25) is 9.88 Å². The molecule has 1 aliphatic heterocycles. The number of aromatic nitrogens is 1. The van der Waals surface area contributed by atoms with Crippen molar-refractivity contribution >= 4 is 21.7 Å². The average molecular weight is 447 g/mol. The van der Waals surface area contributed by atoms with E-state index in [9.17, 15) is 13.2 Å². The van der Waals surface area contributed by atoms with Crippen LogP contribution in [-0.2, 0) is 16.4 Å². The molecule has 0 bridgehead atoms. The summed E-state index contributed by atoms with van der Waals surface area (Å²) in [6, 6.07) is 11.4. The van der Waals surface area contributed by atoms with E-state index in [0.717, 1.165) is 24.2 Å². The third-order valence-corrected chi connectivity index (χ3v) is 6.92. The van der Waals surface area contributed by atoms with Gasteiger partial charge in [0.05, 0.1) is 11.9 Å². The van der Waals surface area contributed by atoms with Gasteiger partial charge < -0.3 is 16.0 Å². The molecular weight excluding hydrogens is 416 g/mol. The Morgan fingerprint density at radius 1 is 1.23 bits per heavy atom. The highest BCUT2D eigenvalue weighted by molar-refractivity contribution is 7.89. The summed E-state index contributed by atoms with van der Waals surface area (Å²) in [5.41, 5.74) is 3.74. The summed E-state index contributed by atoms with van der Waals surface area (Å²) in [5, 5.41) is 8.87.